The Morgan fingerprint density at radius 3 is 2.67 bits per heavy atom. The second kappa shape index (κ2) is 5.56. The Morgan fingerprint density at radius 2 is 1.94 bits per heavy atom. The van der Waals surface area contributed by atoms with Crippen molar-refractivity contribution in [1.29, 1.82) is 0 Å². The Morgan fingerprint density at radius 1 is 1.17 bits per heavy atom. The number of nitrogens with one attached hydrogen (secondary N) is 1. The van der Waals surface area contributed by atoms with Gasteiger partial charge in [0, 0.05) is 10.6 Å². The number of halogens is 1. The molecule has 1 amide bonds. The molecule has 3 nitrogen and oxygen atoms in total. The fourth-order valence-electron chi connectivity index (χ4n) is 1.57. The lowest BCUT2D eigenvalue weighted by molar-refractivity contribution is 0.102. The summed E-state index contributed by atoms with van der Waals surface area (Å²) in [4.78, 5) is 12.0. The predicted octanol–water partition coefficient (Wildman–Crippen LogP) is 3.60. The predicted molar refractivity (Wildman–Crippen MR) is 72.4 cm³/mol. The molecule has 92 valence electrons. The average Bonchev–Trinajstić information content (AvgIpc) is 2.39. The Bertz CT molecular complexity index is 569. The highest BCUT2D eigenvalue weighted by Crippen LogP contribution is 2.23. The van der Waals surface area contributed by atoms with Crippen molar-refractivity contribution in [2.24, 2.45) is 0 Å². The van der Waals surface area contributed by atoms with E-state index in [9.17, 15) is 4.79 Å². The fraction of sp³-hybridized carbons (Fsp3) is 0.0714. The number of methoxy groups -OCH3 is 1. The van der Waals surface area contributed by atoms with E-state index in [4.69, 9.17) is 16.3 Å². The van der Waals surface area contributed by atoms with Crippen LogP contribution in [0, 0.1) is 0 Å². The number of anilines is 1. The zero-order valence-electron chi connectivity index (χ0n) is 9.81. The van der Waals surface area contributed by atoms with Crippen LogP contribution in [0.1, 0.15) is 10.4 Å². The van der Waals surface area contributed by atoms with Gasteiger partial charge in [0.25, 0.3) is 5.91 Å². The van der Waals surface area contributed by atoms with Crippen molar-refractivity contribution in [1.82, 2.24) is 0 Å². The van der Waals surface area contributed by atoms with E-state index in [1.54, 1.807) is 43.5 Å². The van der Waals surface area contributed by atoms with Gasteiger partial charge in [-0.25, -0.2) is 0 Å². The Hall–Kier alpha value is -2.00. The van der Waals surface area contributed by atoms with Crippen LogP contribution in [0.25, 0.3) is 0 Å². The summed E-state index contributed by atoms with van der Waals surface area (Å²) in [6, 6.07) is 14.0. The summed E-state index contributed by atoms with van der Waals surface area (Å²) in [6.45, 7) is 0. The molecule has 0 bridgehead atoms. The molecule has 0 aliphatic rings. The van der Waals surface area contributed by atoms with Crippen molar-refractivity contribution >= 4 is 23.2 Å². The molecule has 2 aromatic carbocycles. The van der Waals surface area contributed by atoms with E-state index in [1.807, 2.05) is 12.1 Å². The van der Waals surface area contributed by atoms with Crippen LogP contribution in [-0.2, 0) is 0 Å². The van der Waals surface area contributed by atoms with Crippen LogP contribution in [0.15, 0.2) is 48.5 Å². The van der Waals surface area contributed by atoms with E-state index in [0.717, 1.165) is 0 Å². The first kappa shape index (κ1) is 12.5. The van der Waals surface area contributed by atoms with E-state index in [-0.39, 0.29) is 5.91 Å². The lowest BCUT2D eigenvalue weighted by Gasteiger charge is -2.09. The molecule has 0 radical (unpaired) electrons. The number of ether oxygens (including phenoxy) is 1. The van der Waals surface area contributed by atoms with Crippen LogP contribution >= 0.6 is 11.6 Å². The van der Waals surface area contributed by atoms with Gasteiger partial charge in [-0.1, -0.05) is 29.8 Å². The van der Waals surface area contributed by atoms with Gasteiger partial charge >= 0.3 is 0 Å². The van der Waals surface area contributed by atoms with Crippen LogP contribution in [0.5, 0.6) is 5.75 Å². The maximum atomic E-state index is 12.0. The monoisotopic (exact) mass is 261 g/mol. The van der Waals surface area contributed by atoms with Crippen molar-refractivity contribution in [3.63, 3.8) is 0 Å². The highest BCUT2D eigenvalue weighted by molar-refractivity contribution is 6.31. The zero-order chi connectivity index (χ0) is 13.0. The van der Waals surface area contributed by atoms with Crippen LogP contribution in [-0.4, -0.2) is 13.0 Å². The van der Waals surface area contributed by atoms with Gasteiger partial charge in [0.15, 0.2) is 0 Å². The third-order valence-corrected chi connectivity index (χ3v) is 2.68. The molecule has 0 fully saturated rings. The lowest BCUT2D eigenvalue weighted by Crippen LogP contribution is -2.12. The maximum Gasteiger partial charge on any atom is 0.255 e. The van der Waals surface area contributed by atoms with Gasteiger partial charge in [0.1, 0.15) is 5.75 Å². The van der Waals surface area contributed by atoms with Gasteiger partial charge in [-0.3, -0.25) is 4.79 Å². The van der Waals surface area contributed by atoms with Gasteiger partial charge in [-0.15, -0.1) is 0 Å². The molecule has 0 saturated carbocycles. The first-order valence-electron chi connectivity index (χ1n) is 5.40. The number of hydrogen-bond donors (Lipinski definition) is 1. The number of hydrogen-bond acceptors (Lipinski definition) is 2. The number of amides is 1. The molecule has 0 atom stereocenters. The van der Waals surface area contributed by atoms with Crippen molar-refractivity contribution in [2.45, 2.75) is 0 Å². The molecule has 1 N–H and O–H groups in total. The van der Waals surface area contributed by atoms with Crippen LogP contribution in [0.4, 0.5) is 5.69 Å². The molecule has 2 rings (SSSR count). The molecule has 0 heterocycles. The fourth-order valence-corrected chi connectivity index (χ4v) is 1.76. The van der Waals surface area contributed by atoms with Gasteiger partial charge < -0.3 is 10.1 Å². The highest BCUT2D eigenvalue weighted by atomic mass is 35.5. The molecule has 2 aromatic rings. The van der Waals surface area contributed by atoms with Crippen molar-refractivity contribution in [2.75, 3.05) is 12.4 Å². The van der Waals surface area contributed by atoms with Crippen LogP contribution in [0.3, 0.4) is 0 Å². The summed E-state index contributed by atoms with van der Waals surface area (Å²) in [5, 5.41) is 3.31. The van der Waals surface area contributed by atoms with Crippen molar-refractivity contribution in [3.05, 3.63) is 59.1 Å². The van der Waals surface area contributed by atoms with Gasteiger partial charge in [0.05, 0.1) is 12.8 Å². The highest BCUT2D eigenvalue weighted by Gasteiger charge is 2.09. The summed E-state index contributed by atoms with van der Waals surface area (Å²) < 4.78 is 5.17. The Labute approximate surface area is 110 Å². The molecule has 18 heavy (non-hydrogen) atoms. The summed E-state index contributed by atoms with van der Waals surface area (Å²) in [5.41, 5.74) is 1.14. The second-order valence-electron chi connectivity index (χ2n) is 3.66. The number of carbonyl (C=O) groups is 1. The maximum absolute atomic E-state index is 12.0. The van der Waals surface area contributed by atoms with Gasteiger partial charge in [0.2, 0.25) is 0 Å². The Balaban J connectivity index is 2.21. The average molecular weight is 262 g/mol. The minimum Gasteiger partial charge on any atom is -0.495 e. The molecule has 0 aromatic heterocycles. The minimum atomic E-state index is -0.220. The normalized spacial score (nSPS) is 9.89. The van der Waals surface area contributed by atoms with Gasteiger partial charge in [-0.2, -0.15) is 0 Å². The summed E-state index contributed by atoms with van der Waals surface area (Å²) in [6.07, 6.45) is 0. The van der Waals surface area contributed by atoms with Crippen molar-refractivity contribution < 1.29 is 9.53 Å². The second-order valence-corrected chi connectivity index (χ2v) is 4.10. The van der Waals surface area contributed by atoms with Crippen LogP contribution < -0.4 is 10.1 Å². The first-order chi connectivity index (χ1) is 8.70. The van der Waals surface area contributed by atoms with E-state index in [1.165, 1.54) is 0 Å². The van der Waals surface area contributed by atoms with Crippen molar-refractivity contribution in [3.8, 4) is 5.75 Å². The molecule has 0 saturated heterocycles. The molecular formula is C14H12ClNO2. The largest absolute Gasteiger partial charge is 0.495 e. The SMILES string of the molecule is COc1ccccc1NC(=O)c1cccc(Cl)c1. The number of para-hydroxylation sites is 2. The van der Waals surface area contributed by atoms with Crippen LogP contribution in [0.2, 0.25) is 5.02 Å². The standard InChI is InChI=1S/C14H12ClNO2/c1-18-13-8-3-2-7-12(13)16-14(17)10-5-4-6-11(15)9-10/h2-9H,1H3,(H,16,17). The molecule has 0 aliphatic heterocycles. The molecular weight excluding hydrogens is 250 g/mol. The number of carbonyl (C=O) groups excluding carboxylic acids is 1. The third kappa shape index (κ3) is 2.81. The van der Waals surface area contributed by atoms with Gasteiger partial charge in [-0.05, 0) is 30.3 Å². The van der Waals surface area contributed by atoms with E-state index in [2.05, 4.69) is 5.32 Å². The Kier molecular flexibility index (Phi) is 3.85. The topological polar surface area (TPSA) is 38.3 Å². The molecule has 0 aliphatic carbocycles. The third-order valence-electron chi connectivity index (χ3n) is 2.44. The molecule has 0 spiro atoms. The number of benzene rings is 2. The molecule has 0 unspecified atom stereocenters. The minimum absolute atomic E-state index is 0.220. The van der Waals surface area contributed by atoms with E-state index in [0.29, 0.717) is 22.0 Å². The summed E-state index contributed by atoms with van der Waals surface area (Å²) >= 11 is 5.85. The summed E-state index contributed by atoms with van der Waals surface area (Å²) in [7, 11) is 1.56. The zero-order valence-corrected chi connectivity index (χ0v) is 10.6. The number of rotatable bonds is 3. The molecule has 4 heteroatoms. The smallest absolute Gasteiger partial charge is 0.255 e. The lowest BCUT2D eigenvalue weighted by atomic mass is 10.2. The van der Waals surface area contributed by atoms with E-state index < -0.39 is 0 Å². The quantitative estimate of drug-likeness (QED) is 0.917. The van der Waals surface area contributed by atoms with E-state index >= 15 is 0 Å². The first-order valence-corrected chi connectivity index (χ1v) is 5.78. The summed E-state index contributed by atoms with van der Waals surface area (Å²) in [5.74, 6) is 0.398.